The number of nitrogens with zero attached hydrogens (tertiary/aromatic N) is 2. The van der Waals surface area contributed by atoms with Crippen LogP contribution in [-0.4, -0.2) is 15.9 Å². The number of carbonyl (C=O) groups excluding carboxylic acids is 1. The number of rotatable bonds is 4. The van der Waals surface area contributed by atoms with Crippen molar-refractivity contribution >= 4 is 38.9 Å². The van der Waals surface area contributed by atoms with Gasteiger partial charge in [0.15, 0.2) is 0 Å². The third-order valence-electron chi connectivity index (χ3n) is 4.52. The number of aryl methyl sites for hydroxylation is 1. The summed E-state index contributed by atoms with van der Waals surface area (Å²) in [6, 6.07) is 13.8. The molecule has 4 nitrogen and oxygen atoms in total. The number of fused-ring (bicyclic) bond motifs is 3. The number of benzene rings is 2. The molecule has 1 N–H and O–H groups in total. The van der Waals surface area contributed by atoms with Crippen molar-refractivity contribution in [3.8, 4) is 0 Å². The Bertz CT molecular complexity index is 1100. The number of pyridine rings is 1. The molecule has 2 aromatic heterocycles. The number of amides is 1. The van der Waals surface area contributed by atoms with E-state index in [0.717, 1.165) is 38.8 Å². The average Bonchev–Trinajstić information content (AvgIpc) is 3.17. The van der Waals surface area contributed by atoms with Crippen LogP contribution in [0, 0.1) is 0 Å². The Hall–Kier alpha value is -2.79. The summed E-state index contributed by atoms with van der Waals surface area (Å²) in [5.74, 6) is -0.127. The first kappa shape index (κ1) is 16.7. The van der Waals surface area contributed by atoms with Crippen LogP contribution in [0.15, 0.2) is 54.0 Å². The first-order chi connectivity index (χ1) is 12.7. The Balaban J connectivity index is 1.73. The molecule has 0 aliphatic rings. The van der Waals surface area contributed by atoms with Crippen molar-refractivity contribution < 1.29 is 4.79 Å². The van der Waals surface area contributed by atoms with Gasteiger partial charge in [-0.3, -0.25) is 9.78 Å². The topological polar surface area (TPSA) is 54.9 Å². The van der Waals surface area contributed by atoms with Gasteiger partial charge < -0.3 is 5.32 Å². The maximum absolute atomic E-state index is 13.0. The highest BCUT2D eigenvalue weighted by Gasteiger charge is 2.18. The lowest BCUT2D eigenvalue weighted by molar-refractivity contribution is 0.0941. The van der Waals surface area contributed by atoms with Gasteiger partial charge in [-0.15, -0.1) is 11.3 Å². The fraction of sp³-hybridized carbons (Fsp3) is 0.190. The van der Waals surface area contributed by atoms with Gasteiger partial charge in [-0.2, -0.15) is 0 Å². The standard InChI is InChI=1S/C21H19N3OS/c1-3-19-24-18(12-26-19)13(2)23-21(25)17-11-14-7-4-5-8-15(14)16-9-6-10-22-20(16)17/h4-13H,3H2,1-2H3,(H,23,25)/t13-/m1/s1. The zero-order valence-corrected chi connectivity index (χ0v) is 15.5. The van der Waals surface area contributed by atoms with Gasteiger partial charge in [-0.05, 0) is 36.2 Å². The third-order valence-corrected chi connectivity index (χ3v) is 5.53. The van der Waals surface area contributed by atoms with Crippen LogP contribution in [0.1, 0.15) is 40.9 Å². The van der Waals surface area contributed by atoms with E-state index in [-0.39, 0.29) is 11.9 Å². The zero-order valence-electron chi connectivity index (χ0n) is 14.7. The highest BCUT2D eigenvalue weighted by atomic mass is 32.1. The molecule has 0 aliphatic carbocycles. The van der Waals surface area contributed by atoms with Crippen LogP contribution in [-0.2, 0) is 6.42 Å². The van der Waals surface area contributed by atoms with Gasteiger partial charge in [0.05, 0.1) is 27.8 Å². The number of hydrogen-bond acceptors (Lipinski definition) is 4. The zero-order chi connectivity index (χ0) is 18.1. The van der Waals surface area contributed by atoms with E-state index in [2.05, 4.69) is 28.3 Å². The van der Waals surface area contributed by atoms with Crippen LogP contribution in [0.25, 0.3) is 21.7 Å². The summed E-state index contributed by atoms with van der Waals surface area (Å²) in [5.41, 5.74) is 2.22. The third kappa shape index (κ3) is 2.95. The van der Waals surface area contributed by atoms with E-state index in [4.69, 9.17) is 0 Å². The Morgan fingerprint density at radius 2 is 2.00 bits per heavy atom. The summed E-state index contributed by atoms with van der Waals surface area (Å²) in [6.45, 7) is 4.04. The molecule has 2 heterocycles. The number of carbonyl (C=O) groups is 1. The molecule has 0 radical (unpaired) electrons. The van der Waals surface area contributed by atoms with E-state index < -0.39 is 0 Å². The SMILES string of the molecule is CCc1nc([C@@H](C)NC(=O)c2cc3ccccc3c3cccnc23)cs1. The highest BCUT2D eigenvalue weighted by Crippen LogP contribution is 2.27. The van der Waals surface area contributed by atoms with Gasteiger partial charge in [-0.1, -0.05) is 37.3 Å². The van der Waals surface area contributed by atoms with Crippen molar-refractivity contribution in [1.82, 2.24) is 15.3 Å². The molecule has 0 fully saturated rings. The van der Waals surface area contributed by atoms with Gasteiger partial charge in [0.2, 0.25) is 0 Å². The van der Waals surface area contributed by atoms with Crippen LogP contribution in [0.2, 0.25) is 0 Å². The fourth-order valence-corrected chi connectivity index (χ4v) is 3.98. The molecule has 0 aliphatic heterocycles. The van der Waals surface area contributed by atoms with Crippen molar-refractivity contribution in [2.75, 3.05) is 0 Å². The molecule has 130 valence electrons. The van der Waals surface area contributed by atoms with Crippen molar-refractivity contribution in [2.24, 2.45) is 0 Å². The molecular weight excluding hydrogens is 342 g/mol. The summed E-state index contributed by atoms with van der Waals surface area (Å²) >= 11 is 1.63. The average molecular weight is 361 g/mol. The summed E-state index contributed by atoms with van der Waals surface area (Å²) in [6.07, 6.45) is 2.63. The molecule has 5 heteroatoms. The van der Waals surface area contributed by atoms with E-state index in [1.165, 1.54) is 0 Å². The molecule has 26 heavy (non-hydrogen) atoms. The lowest BCUT2D eigenvalue weighted by atomic mass is 10.00. The Morgan fingerprint density at radius 1 is 1.19 bits per heavy atom. The lowest BCUT2D eigenvalue weighted by Crippen LogP contribution is -2.27. The first-order valence-corrected chi connectivity index (χ1v) is 9.57. The van der Waals surface area contributed by atoms with Crippen molar-refractivity contribution in [2.45, 2.75) is 26.3 Å². The van der Waals surface area contributed by atoms with Crippen LogP contribution in [0.3, 0.4) is 0 Å². The molecule has 0 saturated heterocycles. The van der Waals surface area contributed by atoms with Crippen LogP contribution in [0.4, 0.5) is 0 Å². The molecule has 0 spiro atoms. The van der Waals surface area contributed by atoms with Crippen molar-refractivity contribution in [3.63, 3.8) is 0 Å². The molecule has 1 amide bonds. The van der Waals surface area contributed by atoms with Gasteiger partial charge in [0, 0.05) is 17.0 Å². The minimum absolute atomic E-state index is 0.127. The predicted octanol–water partition coefficient (Wildman–Crippen LogP) is 4.90. The van der Waals surface area contributed by atoms with Crippen LogP contribution < -0.4 is 5.32 Å². The second kappa shape index (κ2) is 6.84. The summed E-state index contributed by atoms with van der Waals surface area (Å²) < 4.78 is 0. The van der Waals surface area contributed by atoms with Crippen molar-refractivity contribution in [3.05, 3.63) is 70.3 Å². The maximum Gasteiger partial charge on any atom is 0.254 e. The van der Waals surface area contributed by atoms with Crippen LogP contribution in [0.5, 0.6) is 0 Å². The Kier molecular flexibility index (Phi) is 4.39. The normalized spacial score (nSPS) is 12.4. The Labute approximate surface area is 155 Å². The number of nitrogens with one attached hydrogen (secondary N) is 1. The molecule has 4 aromatic rings. The molecule has 0 unspecified atom stereocenters. The minimum Gasteiger partial charge on any atom is -0.344 e. The largest absolute Gasteiger partial charge is 0.344 e. The van der Waals surface area contributed by atoms with Crippen LogP contribution >= 0.6 is 11.3 Å². The quantitative estimate of drug-likeness (QED) is 0.526. The monoisotopic (exact) mass is 361 g/mol. The van der Waals surface area contributed by atoms with Gasteiger partial charge >= 0.3 is 0 Å². The van der Waals surface area contributed by atoms with Gasteiger partial charge in [0.25, 0.3) is 5.91 Å². The van der Waals surface area contributed by atoms with E-state index >= 15 is 0 Å². The highest BCUT2D eigenvalue weighted by molar-refractivity contribution is 7.09. The molecule has 4 rings (SSSR count). The molecule has 0 saturated carbocycles. The van der Waals surface area contributed by atoms with Gasteiger partial charge in [0.1, 0.15) is 0 Å². The van der Waals surface area contributed by atoms with Crippen molar-refractivity contribution in [1.29, 1.82) is 0 Å². The molecule has 1 atom stereocenters. The number of hydrogen-bond donors (Lipinski definition) is 1. The summed E-state index contributed by atoms with van der Waals surface area (Å²) in [4.78, 5) is 22.0. The lowest BCUT2D eigenvalue weighted by Gasteiger charge is -2.14. The second-order valence-corrected chi connectivity index (χ2v) is 7.20. The van der Waals surface area contributed by atoms with E-state index in [9.17, 15) is 4.79 Å². The van der Waals surface area contributed by atoms with E-state index in [1.54, 1.807) is 17.5 Å². The molecular formula is C21H19N3OS. The smallest absolute Gasteiger partial charge is 0.254 e. The predicted molar refractivity (Wildman–Crippen MR) is 107 cm³/mol. The Morgan fingerprint density at radius 3 is 2.81 bits per heavy atom. The van der Waals surface area contributed by atoms with E-state index in [1.807, 2.05) is 48.7 Å². The first-order valence-electron chi connectivity index (χ1n) is 8.69. The minimum atomic E-state index is -0.149. The molecule has 0 bridgehead atoms. The maximum atomic E-state index is 13.0. The number of thiazole rings is 1. The molecule has 2 aromatic carbocycles. The number of aromatic nitrogens is 2. The summed E-state index contributed by atoms with van der Waals surface area (Å²) in [7, 11) is 0. The fourth-order valence-electron chi connectivity index (χ4n) is 3.14. The summed E-state index contributed by atoms with van der Waals surface area (Å²) in [5, 5.41) is 9.30. The van der Waals surface area contributed by atoms with E-state index in [0.29, 0.717) is 5.56 Å². The van der Waals surface area contributed by atoms with Gasteiger partial charge in [-0.25, -0.2) is 4.98 Å². The second-order valence-electron chi connectivity index (χ2n) is 6.26.